The molecule has 0 saturated carbocycles. The lowest BCUT2D eigenvalue weighted by atomic mass is 10.3. The Labute approximate surface area is 141 Å². The van der Waals surface area contributed by atoms with Crippen molar-refractivity contribution in [1.29, 1.82) is 0 Å². The van der Waals surface area contributed by atoms with Crippen LogP contribution in [0.25, 0.3) is 0 Å². The number of aromatic nitrogens is 2. The standard InChI is InChI=1S/C16H22ClN5O/c1-18-16(20-9-12-5-6-15(23-4)19-8-12)22(3)11-14-7-13(17)10-21(14)2/h5-8,10H,9,11H2,1-4H3,(H,18,20). The molecule has 2 aromatic heterocycles. The third-order valence-corrected chi connectivity index (χ3v) is 3.71. The van der Waals surface area contributed by atoms with Gasteiger partial charge in [0.15, 0.2) is 5.96 Å². The number of ether oxygens (including phenoxy) is 1. The zero-order valence-corrected chi connectivity index (χ0v) is 14.6. The average molecular weight is 336 g/mol. The predicted molar refractivity (Wildman–Crippen MR) is 92.9 cm³/mol. The fourth-order valence-electron chi connectivity index (χ4n) is 2.24. The fourth-order valence-corrected chi connectivity index (χ4v) is 2.52. The summed E-state index contributed by atoms with van der Waals surface area (Å²) in [4.78, 5) is 10.6. The third kappa shape index (κ3) is 4.63. The molecule has 2 heterocycles. The van der Waals surface area contributed by atoms with Gasteiger partial charge in [-0.2, -0.15) is 0 Å². The van der Waals surface area contributed by atoms with E-state index in [-0.39, 0.29) is 0 Å². The first-order chi connectivity index (χ1) is 11.0. The van der Waals surface area contributed by atoms with Crippen molar-refractivity contribution in [3.8, 4) is 5.88 Å². The van der Waals surface area contributed by atoms with Crippen LogP contribution in [0.15, 0.2) is 35.6 Å². The zero-order chi connectivity index (χ0) is 16.8. The second-order valence-electron chi connectivity index (χ2n) is 5.23. The van der Waals surface area contributed by atoms with Gasteiger partial charge >= 0.3 is 0 Å². The van der Waals surface area contributed by atoms with Crippen molar-refractivity contribution in [2.24, 2.45) is 12.0 Å². The van der Waals surface area contributed by atoms with Gasteiger partial charge in [-0.3, -0.25) is 4.99 Å². The summed E-state index contributed by atoms with van der Waals surface area (Å²) in [6, 6.07) is 5.78. The second-order valence-corrected chi connectivity index (χ2v) is 5.66. The second kappa shape index (κ2) is 7.87. The summed E-state index contributed by atoms with van der Waals surface area (Å²) in [6.07, 6.45) is 3.68. The normalized spacial score (nSPS) is 11.4. The van der Waals surface area contributed by atoms with Crippen molar-refractivity contribution in [2.75, 3.05) is 21.2 Å². The molecule has 1 N–H and O–H groups in total. The summed E-state index contributed by atoms with van der Waals surface area (Å²) in [5.74, 6) is 1.41. The van der Waals surface area contributed by atoms with E-state index in [1.807, 2.05) is 48.0 Å². The monoisotopic (exact) mass is 335 g/mol. The average Bonchev–Trinajstić information content (AvgIpc) is 2.86. The van der Waals surface area contributed by atoms with Crippen molar-refractivity contribution >= 4 is 17.6 Å². The van der Waals surface area contributed by atoms with Gasteiger partial charge in [-0.05, 0) is 11.6 Å². The molecule has 124 valence electrons. The Morgan fingerprint density at radius 2 is 2.26 bits per heavy atom. The predicted octanol–water partition coefficient (Wildman–Crippen LogP) is 2.29. The summed E-state index contributed by atoms with van der Waals surface area (Å²) in [6.45, 7) is 1.35. The summed E-state index contributed by atoms with van der Waals surface area (Å²) in [5.41, 5.74) is 2.17. The van der Waals surface area contributed by atoms with Gasteiger partial charge in [0.25, 0.3) is 0 Å². The molecule has 0 aromatic carbocycles. The lowest BCUT2D eigenvalue weighted by molar-refractivity contribution is 0.397. The molecule has 0 amide bonds. The van der Waals surface area contributed by atoms with E-state index in [1.54, 1.807) is 20.4 Å². The molecule has 6 nitrogen and oxygen atoms in total. The van der Waals surface area contributed by atoms with Gasteiger partial charge in [-0.25, -0.2) is 4.98 Å². The van der Waals surface area contributed by atoms with Crippen LogP contribution in [0.2, 0.25) is 5.02 Å². The Morgan fingerprint density at radius 3 is 2.78 bits per heavy atom. The van der Waals surface area contributed by atoms with Crippen LogP contribution in [0.1, 0.15) is 11.3 Å². The molecule has 2 rings (SSSR count). The minimum Gasteiger partial charge on any atom is -0.481 e. The Balaban J connectivity index is 1.94. The maximum atomic E-state index is 6.03. The van der Waals surface area contributed by atoms with E-state index < -0.39 is 0 Å². The molecular formula is C16H22ClN5O. The van der Waals surface area contributed by atoms with E-state index in [2.05, 4.69) is 15.3 Å². The number of hydrogen-bond acceptors (Lipinski definition) is 3. The molecule has 0 aliphatic heterocycles. The van der Waals surface area contributed by atoms with Gasteiger partial charge in [0.1, 0.15) is 0 Å². The van der Waals surface area contributed by atoms with Gasteiger partial charge < -0.3 is 19.5 Å². The van der Waals surface area contributed by atoms with Gasteiger partial charge in [-0.1, -0.05) is 17.7 Å². The van der Waals surface area contributed by atoms with Crippen LogP contribution in [0, 0.1) is 0 Å². The van der Waals surface area contributed by atoms with Crippen molar-refractivity contribution in [3.05, 3.63) is 46.9 Å². The molecule has 2 aromatic rings. The van der Waals surface area contributed by atoms with Crippen LogP contribution < -0.4 is 10.1 Å². The van der Waals surface area contributed by atoms with E-state index in [9.17, 15) is 0 Å². The van der Waals surface area contributed by atoms with Crippen molar-refractivity contribution in [3.63, 3.8) is 0 Å². The van der Waals surface area contributed by atoms with E-state index in [4.69, 9.17) is 16.3 Å². The Hall–Kier alpha value is -2.21. The molecular weight excluding hydrogens is 314 g/mol. The molecule has 0 saturated heterocycles. The molecule has 0 atom stereocenters. The highest BCUT2D eigenvalue weighted by Gasteiger charge is 2.09. The summed E-state index contributed by atoms with van der Waals surface area (Å²) in [5, 5.41) is 4.06. The highest BCUT2D eigenvalue weighted by molar-refractivity contribution is 6.30. The minimum atomic E-state index is 0.607. The van der Waals surface area contributed by atoms with Gasteiger partial charge in [0.05, 0.1) is 18.7 Å². The Morgan fingerprint density at radius 1 is 1.48 bits per heavy atom. The highest BCUT2D eigenvalue weighted by atomic mass is 35.5. The van der Waals surface area contributed by atoms with Gasteiger partial charge in [0.2, 0.25) is 5.88 Å². The molecule has 0 aliphatic rings. The number of methoxy groups -OCH3 is 1. The van der Waals surface area contributed by atoms with Crippen LogP contribution in [-0.2, 0) is 20.1 Å². The number of aliphatic imine (C=N–C) groups is 1. The lowest BCUT2D eigenvalue weighted by Gasteiger charge is -2.22. The maximum Gasteiger partial charge on any atom is 0.212 e. The van der Waals surface area contributed by atoms with Crippen LogP contribution in [0.3, 0.4) is 0 Å². The Kier molecular flexibility index (Phi) is 5.87. The molecule has 23 heavy (non-hydrogen) atoms. The number of hydrogen-bond donors (Lipinski definition) is 1. The number of pyridine rings is 1. The lowest BCUT2D eigenvalue weighted by Crippen LogP contribution is -2.38. The van der Waals surface area contributed by atoms with E-state index in [0.717, 1.165) is 22.2 Å². The van der Waals surface area contributed by atoms with E-state index in [0.29, 0.717) is 19.0 Å². The largest absolute Gasteiger partial charge is 0.481 e. The number of halogens is 1. The summed E-state index contributed by atoms with van der Waals surface area (Å²) in [7, 11) is 7.34. The summed E-state index contributed by atoms with van der Waals surface area (Å²) >= 11 is 6.03. The van der Waals surface area contributed by atoms with Gasteiger partial charge in [0, 0.05) is 51.8 Å². The third-order valence-electron chi connectivity index (χ3n) is 3.50. The zero-order valence-electron chi connectivity index (χ0n) is 13.9. The fraction of sp³-hybridized carbons (Fsp3) is 0.375. The number of nitrogens with zero attached hydrogens (tertiary/aromatic N) is 4. The van der Waals surface area contributed by atoms with Crippen LogP contribution >= 0.6 is 11.6 Å². The molecule has 7 heteroatoms. The van der Waals surface area contributed by atoms with Crippen LogP contribution in [0.4, 0.5) is 0 Å². The SMILES string of the molecule is CN=C(NCc1ccc(OC)nc1)N(C)Cc1cc(Cl)cn1C. The Bertz CT molecular complexity index is 666. The molecule has 0 spiro atoms. The van der Waals surface area contributed by atoms with Crippen LogP contribution in [-0.4, -0.2) is 41.6 Å². The van der Waals surface area contributed by atoms with Crippen molar-refractivity contribution in [2.45, 2.75) is 13.1 Å². The van der Waals surface area contributed by atoms with Gasteiger partial charge in [-0.15, -0.1) is 0 Å². The number of nitrogens with one attached hydrogen (secondary N) is 1. The quantitative estimate of drug-likeness (QED) is 0.673. The minimum absolute atomic E-state index is 0.607. The first kappa shape index (κ1) is 17.1. The molecule has 0 bridgehead atoms. The van der Waals surface area contributed by atoms with Crippen molar-refractivity contribution < 1.29 is 4.74 Å². The molecule has 0 fully saturated rings. The van der Waals surface area contributed by atoms with E-state index in [1.165, 1.54) is 0 Å². The number of rotatable bonds is 5. The molecule has 0 radical (unpaired) electrons. The molecule has 0 unspecified atom stereocenters. The summed E-state index contributed by atoms with van der Waals surface area (Å²) < 4.78 is 7.07. The van der Waals surface area contributed by atoms with E-state index >= 15 is 0 Å². The molecule has 0 aliphatic carbocycles. The van der Waals surface area contributed by atoms with Crippen molar-refractivity contribution in [1.82, 2.24) is 19.8 Å². The number of aryl methyl sites for hydroxylation is 1. The smallest absolute Gasteiger partial charge is 0.212 e. The van der Waals surface area contributed by atoms with Crippen LogP contribution in [0.5, 0.6) is 5.88 Å². The highest BCUT2D eigenvalue weighted by Crippen LogP contribution is 2.14. The first-order valence-electron chi connectivity index (χ1n) is 7.25. The first-order valence-corrected chi connectivity index (χ1v) is 7.62. The number of guanidine groups is 1. The maximum absolute atomic E-state index is 6.03. The topological polar surface area (TPSA) is 54.7 Å².